The van der Waals surface area contributed by atoms with Crippen LogP contribution < -0.4 is 0 Å². The summed E-state index contributed by atoms with van der Waals surface area (Å²) in [6, 6.07) is 2.30. The van der Waals surface area contributed by atoms with Gasteiger partial charge in [0.25, 0.3) is 0 Å². The van der Waals surface area contributed by atoms with E-state index in [2.05, 4.69) is 13.0 Å². The van der Waals surface area contributed by atoms with E-state index < -0.39 is 11.5 Å². The standard InChI is InChI=1S/C11H19NO2S/c1-2-15-8-3-10(13)11(9-12)4-6-14-7-5-11/h10,13H,2-8H2,1H3. The molecule has 1 heterocycles. The largest absolute Gasteiger partial charge is 0.391 e. The number of hydrogen-bond donors (Lipinski definition) is 1. The normalized spacial score (nSPS) is 21.9. The fourth-order valence-corrected chi connectivity index (χ4v) is 2.55. The van der Waals surface area contributed by atoms with Gasteiger partial charge in [-0.1, -0.05) is 6.92 Å². The van der Waals surface area contributed by atoms with Crippen LogP contribution >= 0.6 is 11.8 Å². The molecule has 0 amide bonds. The number of aliphatic hydroxyl groups excluding tert-OH is 1. The highest BCUT2D eigenvalue weighted by atomic mass is 32.2. The minimum atomic E-state index is -0.549. The highest BCUT2D eigenvalue weighted by Crippen LogP contribution is 2.35. The van der Waals surface area contributed by atoms with Crippen LogP contribution in [0.4, 0.5) is 0 Å². The molecule has 0 saturated carbocycles. The van der Waals surface area contributed by atoms with Crippen molar-refractivity contribution in [3.05, 3.63) is 0 Å². The molecular formula is C11H19NO2S. The van der Waals surface area contributed by atoms with E-state index in [-0.39, 0.29) is 0 Å². The summed E-state index contributed by atoms with van der Waals surface area (Å²) in [7, 11) is 0. The zero-order valence-electron chi connectivity index (χ0n) is 9.24. The molecule has 1 fully saturated rings. The topological polar surface area (TPSA) is 53.2 Å². The molecule has 86 valence electrons. The Hall–Kier alpha value is -0.240. The number of aliphatic hydroxyl groups is 1. The smallest absolute Gasteiger partial charge is 0.0876 e. The molecule has 0 spiro atoms. The van der Waals surface area contributed by atoms with Crippen molar-refractivity contribution in [1.29, 1.82) is 5.26 Å². The van der Waals surface area contributed by atoms with E-state index in [4.69, 9.17) is 4.74 Å². The summed E-state index contributed by atoms with van der Waals surface area (Å²) in [5.41, 5.74) is -0.549. The second-order valence-electron chi connectivity index (χ2n) is 3.88. The first-order valence-electron chi connectivity index (χ1n) is 5.50. The SMILES string of the molecule is CCSCCC(O)C1(C#N)CCOCC1. The van der Waals surface area contributed by atoms with Gasteiger partial charge in [-0.05, 0) is 30.8 Å². The molecule has 0 aromatic heterocycles. The molecule has 1 aliphatic rings. The molecule has 0 aliphatic carbocycles. The average Bonchev–Trinajstić information content (AvgIpc) is 2.30. The Bertz CT molecular complexity index is 221. The molecule has 1 unspecified atom stereocenters. The van der Waals surface area contributed by atoms with Crippen molar-refractivity contribution in [3.63, 3.8) is 0 Å². The Balaban J connectivity index is 2.45. The van der Waals surface area contributed by atoms with Gasteiger partial charge >= 0.3 is 0 Å². The van der Waals surface area contributed by atoms with Crippen molar-refractivity contribution in [2.24, 2.45) is 5.41 Å². The lowest BCUT2D eigenvalue weighted by Crippen LogP contribution is -2.39. The molecule has 1 rings (SSSR count). The monoisotopic (exact) mass is 229 g/mol. The van der Waals surface area contributed by atoms with Gasteiger partial charge < -0.3 is 9.84 Å². The highest BCUT2D eigenvalue weighted by Gasteiger charge is 2.39. The number of thioether (sulfide) groups is 1. The molecule has 0 aromatic rings. The van der Waals surface area contributed by atoms with E-state index in [0.29, 0.717) is 32.5 Å². The molecule has 0 radical (unpaired) electrons. The summed E-state index contributed by atoms with van der Waals surface area (Å²) in [5, 5.41) is 19.3. The Morgan fingerprint density at radius 2 is 2.20 bits per heavy atom. The number of nitrogens with zero attached hydrogens (tertiary/aromatic N) is 1. The van der Waals surface area contributed by atoms with Gasteiger partial charge in [-0.2, -0.15) is 17.0 Å². The van der Waals surface area contributed by atoms with E-state index in [0.717, 1.165) is 11.5 Å². The molecule has 1 atom stereocenters. The second kappa shape index (κ2) is 6.37. The Morgan fingerprint density at radius 1 is 1.53 bits per heavy atom. The summed E-state index contributed by atoms with van der Waals surface area (Å²) in [6.45, 7) is 3.31. The molecule has 1 saturated heterocycles. The van der Waals surface area contributed by atoms with Crippen LogP contribution in [-0.2, 0) is 4.74 Å². The maximum atomic E-state index is 10.1. The minimum Gasteiger partial charge on any atom is -0.391 e. The Morgan fingerprint density at radius 3 is 2.73 bits per heavy atom. The van der Waals surface area contributed by atoms with Gasteiger partial charge in [-0.25, -0.2) is 0 Å². The van der Waals surface area contributed by atoms with Gasteiger partial charge in [0.05, 0.1) is 17.6 Å². The second-order valence-corrected chi connectivity index (χ2v) is 5.28. The van der Waals surface area contributed by atoms with Crippen LogP contribution in [0.15, 0.2) is 0 Å². The fraction of sp³-hybridized carbons (Fsp3) is 0.909. The zero-order valence-corrected chi connectivity index (χ0v) is 10.1. The van der Waals surface area contributed by atoms with Crippen LogP contribution in [0.2, 0.25) is 0 Å². The van der Waals surface area contributed by atoms with Crippen LogP contribution in [0.1, 0.15) is 26.2 Å². The lowest BCUT2D eigenvalue weighted by molar-refractivity contribution is -0.0302. The summed E-state index contributed by atoms with van der Waals surface area (Å²) in [5.74, 6) is 2.00. The first kappa shape index (κ1) is 12.8. The molecule has 0 aromatic carbocycles. The van der Waals surface area contributed by atoms with E-state index in [9.17, 15) is 10.4 Å². The molecular weight excluding hydrogens is 210 g/mol. The third-order valence-corrected chi connectivity index (χ3v) is 3.92. The van der Waals surface area contributed by atoms with Gasteiger partial charge in [-0.15, -0.1) is 0 Å². The van der Waals surface area contributed by atoms with E-state index >= 15 is 0 Å². The van der Waals surface area contributed by atoms with Crippen molar-refractivity contribution < 1.29 is 9.84 Å². The Kier molecular flexibility index (Phi) is 5.44. The fourth-order valence-electron chi connectivity index (χ4n) is 1.87. The first-order chi connectivity index (χ1) is 7.25. The van der Waals surface area contributed by atoms with Crippen LogP contribution in [0, 0.1) is 16.7 Å². The van der Waals surface area contributed by atoms with Crippen molar-refractivity contribution in [2.45, 2.75) is 32.3 Å². The summed E-state index contributed by atoms with van der Waals surface area (Å²) in [4.78, 5) is 0. The van der Waals surface area contributed by atoms with Gasteiger partial charge in [0.1, 0.15) is 0 Å². The third-order valence-electron chi connectivity index (χ3n) is 2.99. The van der Waals surface area contributed by atoms with Crippen LogP contribution in [0.5, 0.6) is 0 Å². The van der Waals surface area contributed by atoms with Gasteiger partial charge in [0.15, 0.2) is 0 Å². The molecule has 1 aliphatic heterocycles. The first-order valence-corrected chi connectivity index (χ1v) is 6.65. The molecule has 3 nitrogen and oxygen atoms in total. The maximum Gasteiger partial charge on any atom is 0.0876 e. The van der Waals surface area contributed by atoms with E-state index in [1.165, 1.54) is 0 Å². The molecule has 15 heavy (non-hydrogen) atoms. The van der Waals surface area contributed by atoms with Crippen molar-refractivity contribution in [3.8, 4) is 6.07 Å². The van der Waals surface area contributed by atoms with Gasteiger partial charge in [0.2, 0.25) is 0 Å². The minimum absolute atomic E-state index is 0.495. The van der Waals surface area contributed by atoms with E-state index in [1.54, 1.807) is 0 Å². The average molecular weight is 229 g/mol. The van der Waals surface area contributed by atoms with Crippen molar-refractivity contribution >= 4 is 11.8 Å². The van der Waals surface area contributed by atoms with Crippen molar-refractivity contribution in [1.82, 2.24) is 0 Å². The summed E-state index contributed by atoms with van der Waals surface area (Å²) in [6.07, 6.45) is 1.56. The number of hydrogen-bond acceptors (Lipinski definition) is 4. The lowest BCUT2D eigenvalue weighted by Gasteiger charge is -2.34. The number of rotatable bonds is 5. The van der Waals surface area contributed by atoms with Crippen molar-refractivity contribution in [2.75, 3.05) is 24.7 Å². The number of ether oxygens (including phenoxy) is 1. The quantitative estimate of drug-likeness (QED) is 0.731. The Labute approximate surface area is 95.8 Å². The molecule has 4 heteroatoms. The summed E-state index contributed by atoms with van der Waals surface area (Å²) >= 11 is 1.81. The third kappa shape index (κ3) is 3.37. The molecule has 0 bridgehead atoms. The molecule has 1 N–H and O–H groups in total. The summed E-state index contributed by atoms with van der Waals surface area (Å²) < 4.78 is 5.23. The van der Waals surface area contributed by atoms with Crippen LogP contribution in [0.25, 0.3) is 0 Å². The van der Waals surface area contributed by atoms with E-state index in [1.807, 2.05) is 11.8 Å². The lowest BCUT2D eigenvalue weighted by atomic mass is 9.76. The van der Waals surface area contributed by atoms with Gasteiger partial charge in [0, 0.05) is 13.2 Å². The predicted molar refractivity (Wildman–Crippen MR) is 61.7 cm³/mol. The van der Waals surface area contributed by atoms with Gasteiger partial charge in [-0.3, -0.25) is 0 Å². The van der Waals surface area contributed by atoms with Crippen LogP contribution in [-0.4, -0.2) is 35.9 Å². The van der Waals surface area contributed by atoms with Crippen LogP contribution in [0.3, 0.4) is 0 Å². The number of nitriles is 1. The predicted octanol–water partition coefficient (Wildman–Crippen LogP) is 1.81. The highest BCUT2D eigenvalue weighted by molar-refractivity contribution is 7.99. The maximum absolute atomic E-state index is 10.1. The zero-order chi connectivity index (χ0) is 11.1.